The van der Waals surface area contributed by atoms with Crippen molar-refractivity contribution >= 4 is 17.7 Å². The molecule has 6 nitrogen and oxygen atoms in total. The first-order valence-corrected chi connectivity index (χ1v) is 11.9. The van der Waals surface area contributed by atoms with Gasteiger partial charge in [-0.05, 0) is 43.7 Å². The van der Waals surface area contributed by atoms with E-state index < -0.39 is 11.9 Å². The second-order valence-electron chi connectivity index (χ2n) is 7.69. The molecule has 0 saturated heterocycles. The van der Waals surface area contributed by atoms with Crippen LogP contribution in [0.15, 0.2) is 90.1 Å². The Kier molecular flexibility index (Phi) is 7.59. The van der Waals surface area contributed by atoms with Gasteiger partial charge in [-0.25, -0.2) is 4.39 Å². The number of hydrogen-bond donors (Lipinski definition) is 1. The van der Waals surface area contributed by atoms with Gasteiger partial charge in [-0.1, -0.05) is 72.4 Å². The zero-order valence-corrected chi connectivity index (χ0v) is 19.7. The van der Waals surface area contributed by atoms with Crippen LogP contribution in [0.1, 0.15) is 37.4 Å². The highest BCUT2D eigenvalue weighted by molar-refractivity contribution is 7.99. The van der Waals surface area contributed by atoms with E-state index >= 15 is 0 Å². The first-order valence-electron chi connectivity index (χ1n) is 10.9. The molecule has 4 rings (SSSR count). The number of carbonyl (C=O) groups excluding carboxylic acids is 1. The average Bonchev–Trinajstić information content (AvgIpc) is 3.29. The van der Waals surface area contributed by atoms with Gasteiger partial charge in [-0.2, -0.15) is 0 Å². The van der Waals surface area contributed by atoms with Gasteiger partial charge in [0.15, 0.2) is 28.7 Å². The molecule has 0 spiro atoms. The van der Waals surface area contributed by atoms with Gasteiger partial charge in [0.1, 0.15) is 0 Å². The molecule has 1 amide bonds. The highest BCUT2D eigenvalue weighted by atomic mass is 32.2. The minimum Gasteiger partial charge on any atom is -0.480 e. The summed E-state index contributed by atoms with van der Waals surface area (Å²) < 4.78 is 21.8. The zero-order valence-electron chi connectivity index (χ0n) is 18.9. The first-order chi connectivity index (χ1) is 16.5. The summed E-state index contributed by atoms with van der Waals surface area (Å²) in [7, 11) is 0. The number of halogens is 1. The summed E-state index contributed by atoms with van der Waals surface area (Å²) in [6.07, 6.45) is -0.578. The number of thioether (sulfide) groups is 1. The molecule has 8 heteroatoms. The molecule has 0 aliphatic rings. The summed E-state index contributed by atoms with van der Waals surface area (Å²) in [5.41, 5.74) is 1.86. The number of benzene rings is 3. The lowest BCUT2D eigenvalue weighted by atomic mass is 10.1. The minimum atomic E-state index is -0.578. The number of amides is 1. The van der Waals surface area contributed by atoms with Crippen LogP contribution in [-0.4, -0.2) is 26.4 Å². The molecule has 0 aliphatic carbocycles. The number of rotatable bonds is 9. The maximum Gasteiger partial charge on any atom is 0.230 e. The molecule has 1 aromatic heterocycles. The lowest BCUT2D eigenvalue weighted by molar-refractivity contribution is -0.119. The molecule has 0 saturated carbocycles. The van der Waals surface area contributed by atoms with Crippen molar-refractivity contribution < 1.29 is 13.9 Å². The number of ether oxygens (including phenoxy) is 1. The summed E-state index contributed by atoms with van der Waals surface area (Å²) in [5, 5.41) is 12.2. The van der Waals surface area contributed by atoms with Crippen LogP contribution in [0.4, 0.5) is 4.39 Å². The van der Waals surface area contributed by atoms with Crippen molar-refractivity contribution in [1.82, 2.24) is 20.1 Å². The molecular weight excluding hydrogens is 451 g/mol. The van der Waals surface area contributed by atoms with Crippen LogP contribution < -0.4 is 10.1 Å². The third-order valence-corrected chi connectivity index (χ3v) is 6.12. The minimum absolute atomic E-state index is 0.106. The van der Waals surface area contributed by atoms with E-state index in [1.54, 1.807) is 25.1 Å². The van der Waals surface area contributed by atoms with Crippen LogP contribution in [0.3, 0.4) is 0 Å². The molecule has 4 aromatic rings. The van der Waals surface area contributed by atoms with Crippen molar-refractivity contribution in [1.29, 1.82) is 0 Å². The molecule has 3 aromatic carbocycles. The molecule has 0 fully saturated rings. The highest BCUT2D eigenvalue weighted by Crippen LogP contribution is 2.29. The molecule has 2 atom stereocenters. The van der Waals surface area contributed by atoms with Gasteiger partial charge in [-0.15, -0.1) is 10.2 Å². The van der Waals surface area contributed by atoms with E-state index in [-0.39, 0.29) is 23.5 Å². The number of hydrogen-bond acceptors (Lipinski definition) is 5. The lowest BCUT2D eigenvalue weighted by Gasteiger charge is -2.17. The van der Waals surface area contributed by atoms with Crippen molar-refractivity contribution in [3.05, 3.63) is 102 Å². The van der Waals surface area contributed by atoms with Crippen LogP contribution >= 0.6 is 11.8 Å². The van der Waals surface area contributed by atoms with Crippen molar-refractivity contribution in [2.75, 3.05) is 5.75 Å². The molecule has 2 unspecified atom stereocenters. The van der Waals surface area contributed by atoms with E-state index in [0.29, 0.717) is 11.0 Å². The zero-order chi connectivity index (χ0) is 23.9. The van der Waals surface area contributed by atoms with E-state index in [2.05, 4.69) is 15.5 Å². The molecule has 0 aliphatic heterocycles. The standard InChI is InChI=1S/C26H25FN4O2S/c1-18(20-11-5-3-6-12-20)28-24(32)17-34-26-30-29-25(31(26)21-13-7-4-8-14-21)19(2)33-23-16-10-9-15-22(23)27/h3-16,18-19H,17H2,1-2H3,(H,28,32). The Balaban J connectivity index is 1.51. The van der Waals surface area contributed by atoms with Gasteiger partial charge >= 0.3 is 0 Å². The van der Waals surface area contributed by atoms with Crippen LogP contribution in [0.5, 0.6) is 5.75 Å². The average molecular weight is 477 g/mol. The molecule has 34 heavy (non-hydrogen) atoms. The lowest BCUT2D eigenvalue weighted by Crippen LogP contribution is -2.28. The van der Waals surface area contributed by atoms with E-state index in [1.165, 1.54) is 17.8 Å². The molecule has 1 heterocycles. The molecule has 0 radical (unpaired) electrons. The maximum absolute atomic E-state index is 14.1. The number of carbonyl (C=O) groups is 1. The number of nitrogens with zero attached hydrogens (tertiary/aromatic N) is 3. The Morgan fingerprint density at radius 1 is 0.971 bits per heavy atom. The van der Waals surface area contributed by atoms with Gasteiger partial charge in [0.25, 0.3) is 0 Å². The quantitative estimate of drug-likeness (QED) is 0.322. The van der Waals surface area contributed by atoms with E-state index in [9.17, 15) is 9.18 Å². The predicted molar refractivity (Wildman–Crippen MR) is 131 cm³/mol. The van der Waals surface area contributed by atoms with Gasteiger partial charge in [0.2, 0.25) is 5.91 Å². The van der Waals surface area contributed by atoms with E-state index in [1.807, 2.05) is 72.2 Å². The number of nitrogens with one attached hydrogen (secondary N) is 1. The Bertz CT molecular complexity index is 1230. The summed E-state index contributed by atoms with van der Waals surface area (Å²) in [6.45, 7) is 3.74. The number of para-hydroxylation sites is 2. The molecular formula is C26H25FN4O2S. The van der Waals surface area contributed by atoms with Gasteiger partial charge < -0.3 is 10.1 Å². The monoisotopic (exact) mass is 476 g/mol. The second kappa shape index (κ2) is 11.0. The fraction of sp³-hybridized carbons (Fsp3) is 0.192. The largest absolute Gasteiger partial charge is 0.480 e. The van der Waals surface area contributed by atoms with Gasteiger partial charge in [0, 0.05) is 5.69 Å². The maximum atomic E-state index is 14.1. The summed E-state index contributed by atoms with van der Waals surface area (Å²) in [6, 6.07) is 25.5. The SMILES string of the molecule is CC(NC(=O)CSc1nnc(C(C)Oc2ccccc2F)n1-c1ccccc1)c1ccccc1. The van der Waals surface area contributed by atoms with Crippen LogP contribution in [0, 0.1) is 5.82 Å². The normalized spacial score (nSPS) is 12.7. The smallest absolute Gasteiger partial charge is 0.230 e. The third kappa shape index (κ3) is 5.63. The highest BCUT2D eigenvalue weighted by Gasteiger charge is 2.22. The van der Waals surface area contributed by atoms with Gasteiger partial charge in [0.05, 0.1) is 11.8 Å². The molecule has 174 valence electrons. The van der Waals surface area contributed by atoms with Crippen LogP contribution in [-0.2, 0) is 4.79 Å². The Morgan fingerprint density at radius 3 is 2.32 bits per heavy atom. The van der Waals surface area contributed by atoms with Crippen molar-refractivity contribution in [3.63, 3.8) is 0 Å². The van der Waals surface area contributed by atoms with E-state index in [4.69, 9.17) is 4.74 Å². The van der Waals surface area contributed by atoms with Crippen molar-refractivity contribution in [3.8, 4) is 11.4 Å². The van der Waals surface area contributed by atoms with Gasteiger partial charge in [-0.3, -0.25) is 9.36 Å². The van der Waals surface area contributed by atoms with E-state index in [0.717, 1.165) is 11.3 Å². The second-order valence-corrected chi connectivity index (χ2v) is 8.63. The molecule has 1 N–H and O–H groups in total. The van der Waals surface area contributed by atoms with Crippen molar-refractivity contribution in [2.24, 2.45) is 0 Å². The third-order valence-electron chi connectivity index (χ3n) is 5.19. The fourth-order valence-corrected chi connectivity index (χ4v) is 4.25. The Labute approximate surface area is 202 Å². The molecule has 0 bridgehead atoms. The Hall–Kier alpha value is -3.65. The summed E-state index contributed by atoms with van der Waals surface area (Å²) >= 11 is 1.28. The first kappa shape index (κ1) is 23.5. The summed E-state index contributed by atoms with van der Waals surface area (Å²) in [5.74, 6) is 0.265. The fourth-order valence-electron chi connectivity index (χ4n) is 3.48. The van der Waals surface area contributed by atoms with Crippen LogP contribution in [0.2, 0.25) is 0 Å². The van der Waals surface area contributed by atoms with Crippen molar-refractivity contribution in [2.45, 2.75) is 31.1 Å². The predicted octanol–water partition coefficient (Wildman–Crippen LogP) is 5.52. The topological polar surface area (TPSA) is 69.0 Å². The Morgan fingerprint density at radius 2 is 1.62 bits per heavy atom. The van der Waals surface area contributed by atoms with Crippen LogP contribution in [0.25, 0.3) is 5.69 Å². The number of aromatic nitrogens is 3. The summed E-state index contributed by atoms with van der Waals surface area (Å²) in [4.78, 5) is 12.6.